The third-order valence-corrected chi connectivity index (χ3v) is 6.40. The molecule has 1 heterocycles. The summed E-state index contributed by atoms with van der Waals surface area (Å²) in [6.07, 6.45) is 4.31. The van der Waals surface area contributed by atoms with Crippen molar-refractivity contribution in [2.45, 2.75) is 65.2 Å². The SMILES string of the molecule is Cc1sc(C)c2c1[C@@H]1C[C@H](C)CC[C@H]1C2(C)C. The van der Waals surface area contributed by atoms with Crippen molar-refractivity contribution >= 4 is 11.3 Å². The molecule has 0 N–H and O–H groups in total. The van der Waals surface area contributed by atoms with Crippen LogP contribution in [0, 0.1) is 25.7 Å². The van der Waals surface area contributed by atoms with Crippen molar-refractivity contribution in [2.24, 2.45) is 11.8 Å². The summed E-state index contributed by atoms with van der Waals surface area (Å²) in [5.74, 6) is 2.71. The summed E-state index contributed by atoms with van der Waals surface area (Å²) in [4.78, 5) is 3.19. The second-order valence-corrected chi connectivity index (χ2v) is 8.28. The van der Waals surface area contributed by atoms with Gasteiger partial charge in [0.15, 0.2) is 0 Å². The van der Waals surface area contributed by atoms with Gasteiger partial charge in [0.05, 0.1) is 0 Å². The van der Waals surface area contributed by atoms with Crippen LogP contribution in [0.25, 0.3) is 0 Å². The van der Waals surface area contributed by atoms with E-state index in [-0.39, 0.29) is 0 Å². The van der Waals surface area contributed by atoms with E-state index in [1.165, 1.54) is 19.3 Å². The molecule has 1 aromatic rings. The van der Waals surface area contributed by atoms with Gasteiger partial charge in [-0.25, -0.2) is 0 Å². The minimum atomic E-state index is 0.426. The average molecular weight is 248 g/mol. The van der Waals surface area contributed by atoms with Crippen molar-refractivity contribution < 1.29 is 0 Å². The van der Waals surface area contributed by atoms with Crippen LogP contribution in [0.15, 0.2) is 0 Å². The van der Waals surface area contributed by atoms with Crippen LogP contribution in [-0.4, -0.2) is 0 Å². The van der Waals surface area contributed by atoms with Crippen molar-refractivity contribution in [3.63, 3.8) is 0 Å². The summed E-state index contributed by atoms with van der Waals surface area (Å²) in [6, 6.07) is 0. The van der Waals surface area contributed by atoms with Crippen molar-refractivity contribution in [1.29, 1.82) is 0 Å². The summed E-state index contributed by atoms with van der Waals surface area (Å²) in [5, 5.41) is 0. The Hall–Kier alpha value is -0.300. The van der Waals surface area contributed by atoms with Gasteiger partial charge in [-0.05, 0) is 61.0 Å². The first-order valence-corrected chi connectivity index (χ1v) is 7.85. The van der Waals surface area contributed by atoms with Crippen LogP contribution < -0.4 is 0 Å². The monoisotopic (exact) mass is 248 g/mol. The van der Waals surface area contributed by atoms with Crippen LogP contribution in [0.1, 0.15) is 66.8 Å². The summed E-state index contributed by atoms with van der Waals surface area (Å²) >= 11 is 2.03. The van der Waals surface area contributed by atoms with Gasteiger partial charge in [0.2, 0.25) is 0 Å². The molecule has 0 aliphatic heterocycles. The van der Waals surface area contributed by atoms with Crippen LogP contribution in [0.5, 0.6) is 0 Å². The molecule has 0 bridgehead atoms. The molecule has 1 heteroatoms. The van der Waals surface area contributed by atoms with Gasteiger partial charge in [-0.3, -0.25) is 0 Å². The Morgan fingerprint density at radius 1 is 1.12 bits per heavy atom. The lowest BCUT2D eigenvalue weighted by Gasteiger charge is -2.38. The van der Waals surface area contributed by atoms with E-state index < -0.39 is 0 Å². The molecule has 0 aromatic carbocycles. The molecule has 1 saturated carbocycles. The normalized spacial score (nSPS) is 34.5. The van der Waals surface area contributed by atoms with Gasteiger partial charge in [-0.15, -0.1) is 11.3 Å². The molecule has 3 rings (SSSR count). The molecule has 94 valence electrons. The lowest BCUT2D eigenvalue weighted by molar-refractivity contribution is 0.195. The number of aryl methyl sites for hydroxylation is 2. The fourth-order valence-corrected chi connectivity index (χ4v) is 6.00. The molecule has 0 nitrogen and oxygen atoms in total. The zero-order valence-electron chi connectivity index (χ0n) is 11.8. The van der Waals surface area contributed by atoms with Crippen molar-refractivity contribution in [1.82, 2.24) is 0 Å². The summed E-state index contributed by atoms with van der Waals surface area (Å²) < 4.78 is 0. The highest BCUT2D eigenvalue weighted by atomic mass is 32.1. The molecule has 2 aliphatic carbocycles. The third-order valence-electron chi connectivity index (χ3n) is 5.36. The second kappa shape index (κ2) is 3.60. The fraction of sp³-hybridized carbons (Fsp3) is 0.750. The van der Waals surface area contributed by atoms with Crippen LogP contribution in [0.2, 0.25) is 0 Å². The van der Waals surface area contributed by atoms with Crippen LogP contribution in [0.4, 0.5) is 0 Å². The quantitative estimate of drug-likeness (QED) is 0.594. The molecule has 0 amide bonds. The third kappa shape index (κ3) is 1.47. The van der Waals surface area contributed by atoms with E-state index in [0.717, 1.165) is 17.8 Å². The van der Waals surface area contributed by atoms with Crippen LogP contribution >= 0.6 is 11.3 Å². The highest BCUT2D eigenvalue weighted by Gasteiger charge is 2.50. The lowest BCUT2D eigenvalue weighted by Crippen LogP contribution is -2.30. The Bertz CT molecular complexity index is 452. The van der Waals surface area contributed by atoms with E-state index in [0.29, 0.717) is 5.41 Å². The fourth-order valence-electron chi connectivity index (χ4n) is 4.70. The van der Waals surface area contributed by atoms with E-state index in [2.05, 4.69) is 34.6 Å². The molecule has 1 aromatic heterocycles. The maximum Gasteiger partial charge on any atom is 0.00575 e. The molecule has 0 unspecified atom stereocenters. The molecular formula is C16H24S. The largest absolute Gasteiger partial charge is 0.145 e. The number of hydrogen-bond acceptors (Lipinski definition) is 1. The first kappa shape index (κ1) is 11.8. The summed E-state index contributed by atoms with van der Waals surface area (Å²) in [5.41, 5.74) is 3.91. The van der Waals surface area contributed by atoms with Crippen molar-refractivity contribution in [3.05, 3.63) is 20.9 Å². The predicted molar refractivity (Wildman–Crippen MR) is 76.1 cm³/mol. The number of hydrogen-bond donors (Lipinski definition) is 0. The van der Waals surface area contributed by atoms with Crippen molar-refractivity contribution in [2.75, 3.05) is 0 Å². The molecule has 0 radical (unpaired) electrons. The smallest absolute Gasteiger partial charge is 0.00575 e. The van der Waals surface area contributed by atoms with Gasteiger partial charge in [0.1, 0.15) is 0 Å². The van der Waals surface area contributed by atoms with E-state index >= 15 is 0 Å². The minimum Gasteiger partial charge on any atom is -0.145 e. The van der Waals surface area contributed by atoms with Crippen LogP contribution in [-0.2, 0) is 5.41 Å². The Balaban J connectivity index is 2.15. The molecule has 3 atom stereocenters. The minimum absolute atomic E-state index is 0.426. The summed E-state index contributed by atoms with van der Waals surface area (Å²) in [6.45, 7) is 12.1. The molecule has 1 fully saturated rings. The highest BCUT2D eigenvalue weighted by molar-refractivity contribution is 7.12. The van der Waals surface area contributed by atoms with E-state index in [1.807, 2.05) is 11.3 Å². The molecule has 17 heavy (non-hydrogen) atoms. The second-order valence-electron chi connectivity index (χ2n) is 6.86. The molecular weight excluding hydrogens is 224 g/mol. The number of thiophene rings is 1. The van der Waals surface area contributed by atoms with E-state index in [9.17, 15) is 0 Å². The molecule has 0 saturated heterocycles. The van der Waals surface area contributed by atoms with Crippen molar-refractivity contribution in [3.8, 4) is 0 Å². The first-order valence-electron chi connectivity index (χ1n) is 7.03. The maximum atomic E-state index is 2.49. The summed E-state index contributed by atoms with van der Waals surface area (Å²) in [7, 11) is 0. The van der Waals surface area contributed by atoms with Gasteiger partial charge >= 0.3 is 0 Å². The molecule has 2 aliphatic rings. The van der Waals surface area contributed by atoms with Gasteiger partial charge in [-0.2, -0.15) is 0 Å². The zero-order valence-corrected chi connectivity index (χ0v) is 12.6. The van der Waals surface area contributed by atoms with E-state index in [1.54, 1.807) is 20.9 Å². The van der Waals surface area contributed by atoms with Crippen LogP contribution in [0.3, 0.4) is 0 Å². The molecule has 0 spiro atoms. The van der Waals surface area contributed by atoms with Gasteiger partial charge in [-0.1, -0.05) is 27.2 Å². The van der Waals surface area contributed by atoms with Gasteiger partial charge in [0.25, 0.3) is 0 Å². The topological polar surface area (TPSA) is 0 Å². The maximum absolute atomic E-state index is 2.49. The van der Waals surface area contributed by atoms with Gasteiger partial charge < -0.3 is 0 Å². The zero-order chi connectivity index (χ0) is 12.4. The standard InChI is InChI=1S/C16H24S/c1-9-6-7-13-12(8-9)14-10(2)17-11(3)15(14)16(13,4)5/h9,12-13H,6-8H2,1-5H3/t9-,12-,13-/m1/s1. The first-order chi connectivity index (χ1) is 7.93. The van der Waals surface area contributed by atoms with Gasteiger partial charge in [0, 0.05) is 9.75 Å². The number of rotatable bonds is 0. The average Bonchev–Trinajstić information content (AvgIpc) is 2.64. The Kier molecular flexibility index (Phi) is 2.49. The Morgan fingerprint density at radius 2 is 1.82 bits per heavy atom. The Labute approximate surface area is 109 Å². The van der Waals surface area contributed by atoms with E-state index in [4.69, 9.17) is 0 Å². The highest BCUT2D eigenvalue weighted by Crippen LogP contribution is 2.60. The lowest BCUT2D eigenvalue weighted by atomic mass is 9.67. The predicted octanol–water partition coefficient (Wildman–Crippen LogP) is 5.18. The number of fused-ring (bicyclic) bond motifs is 3. The Morgan fingerprint density at radius 3 is 2.53 bits per heavy atom.